The lowest BCUT2D eigenvalue weighted by Crippen LogP contribution is -2.36. The maximum atomic E-state index is 12.2. The summed E-state index contributed by atoms with van der Waals surface area (Å²) in [5.74, 6) is 2.53. The van der Waals surface area contributed by atoms with E-state index in [1.807, 2.05) is 13.8 Å². The van der Waals surface area contributed by atoms with Crippen molar-refractivity contribution in [2.75, 3.05) is 12.4 Å². The van der Waals surface area contributed by atoms with Crippen molar-refractivity contribution in [3.8, 4) is 0 Å². The van der Waals surface area contributed by atoms with Crippen LogP contribution in [-0.4, -0.2) is 28.5 Å². The third-order valence-corrected chi connectivity index (χ3v) is 4.49. The minimum atomic E-state index is -0.809. The van der Waals surface area contributed by atoms with Crippen LogP contribution in [0.4, 0.5) is 0 Å². The number of thioether (sulfide) groups is 1. The van der Waals surface area contributed by atoms with Gasteiger partial charge >= 0.3 is 5.97 Å². The van der Waals surface area contributed by atoms with E-state index in [9.17, 15) is 4.79 Å². The Bertz CT molecular complexity index is 416. The Morgan fingerprint density at radius 3 is 2.55 bits per heavy atom. The number of carbonyl (C=O) groups is 1. The summed E-state index contributed by atoms with van der Waals surface area (Å²) in [6.07, 6.45) is 2.30. The third-order valence-electron chi connectivity index (χ3n) is 3.33. The average Bonchev–Trinajstić information content (AvgIpc) is 2.91. The highest BCUT2D eigenvalue weighted by atomic mass is 32.2. The van der Waals surface area contributed by atoms with Crippen molar-refractivity contribution in [1.82, 2.24) is 10.1 Å². The first-order chi connectivity index (χ1) is 9.64. The standard InChI is InChI=1S/C14H24N2O3S/c1-5-9-20-10-11-15-12(19-16-11)14(6-2,7-3)13(17)18-8-4/h5-10H2,1-4H3. The van der Waals surface area contributed by atoms with E-state index in [2.05, 4.69) is 17.1 Å². The maximum Gasteiger partial charge on any atom is 0.321 e. The largest absolute Gasteiger partial charge is 0.465 e. The van der Waals surface area contributed by atoms with E-state index in [0.717, 1.165) is 12.2 Å². The van der Waals surface area contributed by atoms with E-state index in [-0.39, 0.29) is 5.97 Å². The fourth-order valence-corrected chi connectivity index (χ4v) is 2.75. The normalized spacial score (nSPS) is 11.6. The highest BCUT2D eigenvalue weighted by Crippen LogP contribution is 2.32. The number of hydrogen-bond acceptors (Lipinski definition) is 6. The molecule has 0 bridgehead atoms. The molecule has 0 saturated carbocycles. The van der Waals surface area contributed by atoms with Crippen LogP contribution in [-0.2, 0) is 20.7 Å². The molecule has 114 valence electrons. The van der Waals surface area contributed by atoms with Crippen molar-refractivity contribution in [3.05, 3.63) is 11.7 Å². The number of esters is 1. The molecule has 0 radical (unpaired) electrons. The van der Waals surface area contributed by atoms with E-state index < -0.39 is 5.41 Å². The van der Waals surface area contributed by atoms with Crippen molar-refractivity contribution in [1.29, 1.82) is 0 Å². The zero-order valence-electron chi connectivity index (χ0n) is 12.8. The first-order valence-electron chi connectivity index (χ1n) is 7.22. The summed E-state index contributed by atoms with van der Waals surface area (Å²) in [4.78, 5) is 16.6. The van der Waals surface area contributed by atoms with Gasteiger partial charge in [0.05, 0.1) is 12.4 Å². The summed E-state index contributed by atoms with van der Waals surface area (Å²) in [6, 6.07) is 0. The van der Waals surface area contributed by atoms with Gasteiger partial charge < -0.3 is 9.26 Å². The summed E-state index contributed by atoms with van der Waals surface area (Å²) in [6.45, 7) is 8.17. The third kappa shape index (κ3) is 3.75. The van der Waals surface area contributed by atoms with Gasteiger partial charge in [0, 0.05) is 0 Å². The highest BCUT2D eigenvalue weighted by molar-refractivity contribution is 7.98. The van der Waals surface area contributed by atoms with Gasteiger partial charge in [-0.05, 0) is 31.9 Å². The lowest BCUT2D eigenvalue weighted by atomic mass is 9.82. The Morgan fingerprint density at radius 2 is 2.00 bits per heavy atom. The number of hydrogen-bond donors (Lipinski definition) is 0. The summed E-state index contributed by atoms with van der Waals surface area (Å²) >= 11 is 1.76. The molecule has 1 aromatic rings. The van der Waals surface area contributed by atoms with Gasteiger partial charge in [0.25, 0.3) is 0 Å². The van der Waals surface area contributed by atoms with Crippen molar-refractivity contribution in [2.24, 2.45) is 0 Å². The summed E-state index contributed by atoms with van der Waals surface area (Å²) in [7, 11) is 0. The second kappa shape index (κ2) is 8.29. The Balaban J connectivity index is 2.89. The number of nitrogens with zero attached hydrogens (tertiary/aromatic N) is 2. The van der Waals surface area contributed by atoms with Crippen molar-refractivity contribution < 1.29 is 14.1 Å². The van der Waals surface area contributed by atoms with E-state index in [1.54, 1.807) is 18.7 Å². The lowest BCUT2D eigenvalue weighted by molar-refractivity contribution is -0.151. The van der Waals surface area contributed by atoms with Crippen LogP contribution in [0.3, 0.4) is 0 Å². The molecule has 0 fully saturated rings. The van der Waals surface area contributed by atoms with Crippen LogP contribution < -0.4 is 0 Å². The zero-order valence-corrected chi connectivity index (χ0v) is 13.6. The predicted molar refractivity (Wildman–Crippen MR) is 79.6 cm³/mol. The number of rotatable bonds is 9. The fraction of sp³-hybridized carbons (Fsp3) is 0.786. The van der Waals surface area contributed by atoms with Gasteiger partial charge in [-0.3, -0.25) is 4.79 Å². The molecule has 5 nitrogen and oxygen atoms in total. The smallest absolute Gasteiger partial charge is 0.321 e. The molecule has 0 aromatic carbocycles. The van der Waals surface area contributed by atoms with Crippen LogP contribution in [0.5, 0.6) is 0 Å². The maximum absolute atomic E-state index is 12.2. The molecule has 0 aliphatic carbocycles. The summed E-state index contributed by atoms with van der Waals surface area (Å²) < 4.78 is 10.5. The molecule has 0 atom stereocenters. The van der Waals surface area contributed by atoms with Crippen LogP contribution in [0.25, 0.3) is 0 Å². The summed E-state index contributed by atoms with van der Waals surface area (Å²) in [5.41, 5.74) is -0.809. The molecule has 0 aliphatic heterocycles. The van der Waals surface area contributed by atoms with Crippen LogP contribution >= 0.6 is 11.8 Å². The SMILES string of the molecule is CCCSCc1noc(C(CC)(CC)C(=O)OCC)n1. The molecular weight excluding hydrogens is 276 g/mol. The Labute approximate surface area is 124 Å². The van der Waals surface area contributed by atoms with E-state index >= 15 is 0 Å². The molecule has 6 heteroatoms. The molecule has 1 rings (SSSR count). The minimum Gasteiger partial charge on any atom is -0.465 e. The molecule has 0 aliphatic rings. The second-order valence-electron chi connectivity index (χ2n) is 4.58. The van der Waals surface area contributed by atoms with Crippen molar-refractivity contribution >= 4 is 17.7 Å². The van der Waals surface area contributed by atoms with Gasteiger partial charge in [0.15, 0.2) is 5.82 Å². The number of ether oxygens (including phenoxy) is 1. The van der Waals surface area contributed by atoms with Gasteiger partial charge in [-0.25, -0.2) is 0 Å². The molecule has 0 N–H and O–H groups in total. The molecule has 0 spiro atoms. The van der Waals surface area contributed by atoms with E-state index in [0.29, 0.717) is 36.9 Å². The Hall–Kier alpha value is -1.04. The average molecular weight is 300 g/mol. The minimum absolute atomic E-state index is 0.276. The molecule has 0 unspecified atom stereocenters. The topological polar surface area (TPSA) is 65.2 Å². The van der Waals surface area contributed by atoms with Crippen molar-refractivity contribution in [3.63, 3.8) is 0 Å². The van der Waals surface area contributed by atoms with E-state index in [1.165, 1.54) is 0 Å². The Morgan fingerprint density at radius 1 is 1.30 bits per heavy atom. The molecular formula is C14H24N2O3S. The van der Waals surface area contributed by atoms with Gasteiger partial charge in [-0.15, -0.1) is 0 Å². The lowest BCUT2D eigenvalue weighted by Gasteiger charge is -2.24. The first kappa shape index (κ1) is 17.0. The summed E-state index contributed by atoms with van der Waals surface area (Å²) in [5, 5.41) is 3.98. The van der Waals surface area contributed by atoms with Gasteiger partial charge in [0.1, 0.15) is 5.41 Å². The number of carbonyl (C=O) groups excluding carboxylic acids is 1. The van der Waals surface area contributed by atoms with Gasteiger partial charge in [-0.1, -0.05) is 25.9 Å². The molecule has 0 saturated heterocycles. The Kier molecular flexibility index (Phi) is 7.05. The van der Waals surface area contributed by atoms with E-state index in [4.69, 9.17) is 9.26 Å². The van der Waals surface area contributed by atoms with Gasteiger partial charge in [-0.2, -0.15) is 16.7 Å². The van der Waals surface area contributed by atoms with Gasteiger partial charge in [0.2, 0.25) is 5.89 Å². The molecule has 1 heterocycles. The quantitative estimate of drug-likeness (QED) is 0.515. The fourth-order valence-electron chi connectivity index (χ4n) is 2.01. The molecule has 1 aromatic heterocycles. The highest BCUT2D eigenvalue weighted by Gasteiger charge is 2.43. The van der Waals surface area contributed by atoms with Crippen LogP contribution in [0.2, 0.25) is 0 Å². The van der Waals surface area contributed by atoms with Crippen LogP contribution in [0, 0.1) is 0 Å². The zero-order chi connectivity index (χ0) is 15.0. The first-order valence-corrected chi connectivity index (χ1v) is 8.38. The van der Waals surface area contributed by atoms with Crippen molar-refractivity contribution in [2.45, 2.75) is 58.1 Å². The predicted octanol–water partition coefficient (Wildman–Crippen LogP) is 3.33. The van der Waals surface area contributed by atoms with Crippen LogP contribution in [0.1, 0.15) is 58.7 Å². The van der Waals surface area contributed by atoms with Crippen LogP contribution in [0.15, 0.2) is 4.52 Å². The molecule has 0 amide bonds. The second-order valence-corrected chi connectivity index (χ2v) is 5.68. The number of aromatic nitrogens is 2. The monoisotopic (exact) mass is 300 g/mol. The molecule has 20 heavy (non-hydrogen) atoms.